The summed E-state index contributed by atoms with van der Waals surface area (Å²) in [4.78, 5) is 47.3. The Bertz CT molecular complexity index is 700. The van der Waals surface area contributed by atoms with Gasteiger partial charge in [0.1, 0.15) is 18.7 Å². The third kappa shape index (κ3) is 10.8. The summed E-state index contributed by atoms with van der Waals surface area (Å²) >= 11 is 1.00. The number of carbonyl (C=O) groups excluding carboxylic acids is 3. The molecule has 0 aliphatic heterocycles. The number of carboxylic acids is 1. The maximum atomic E-state index is 12.6. The summed E-state index contributed by atoms with van der Waals surface area (Å²) in [5.41, 5.74) is 0.774. The molecule has 0 bridgehead atoms. The predicted octanol–water partition coefficient (Wildman–Crippen LogP) is 1.68. The minimum atomic E-state index is -1.20. The second-order valence-corrected chi connectivity index (χ2v) is 7.78. The van der Waals surface area contributed by atoms with Crippen LogP contribution in [0.5, 0.6) is 0 Å². The third-order valence-corrected chi connectivity index (χ3v) is 4.90. The lowest BCUT2D eigenvalue weighted by Gasteiger charge is -2.21. The van der Waals surface area contributed by atoms with Gasteiger partial charge in [0.15, 0.2) is 5.12 Å². The topological polar surface area (TPSA) is 142 Å². The number of aliphatic hydroxyl groups excluding tert-OH is 1. The van der Waals surface area contributed by atoms with E-state index < -0.39 is 30.1 Å². The molecule has 0 aliphatic rings. The van der Waals surface area contributed by atoms with E-state index in [4.69, 9.17) is 9.84 Å². The van der Waals surface area contributed by atoms with Crippen LogP contribution in [0.25, 0.3) is 0 Å². The highest BCUT2D eigenvalue weighted by molar-refractivity contribution is 8.13. The molecule has 0 aromatic heterocycles. The molecule has 0 fully saturated rings. The number of alkyl carbamates (subject to hydrolysis) is 1. The fourth-order valence-electron chi connectivity index (χ4n) is 2.49. The van der Waals surface area contributed by atoms with Crippen molar-refractivity contribution in [3.8, 4) is 0 Å². The van der Waals surface area contributed by atoms with Gasteiger partial charge in [0.2, 0.25) is 5.91 Å². The first-order chi connectivity index (χ1) is 14.3. The van der Waals surface area contributed by atoms with Crippen molar-refractivity contribution in [3.63, 3.8) is 0 Å². The van der Waals surface area contributed by atoms with E-state index in [2.05, 4.69) is 10.6 Å². The zero-order valence-corrected chi connectivity index (χ0v) is 17.7. The lowest BCUT2D eigenvalue weighted by molar-refractivity contribution is -0.142. The van der Waals surface area contributed by atoms with Crippen molar-refractivity contribution < 1.29 is 34.1 Å². The van der Waals surface area contributed by atoms with Gasteiger partial charge in [-0.15, -0.1) is 0 Å². The van der Waals surface area contributed by atoms with Gasteiger partial charge >= 0.3 is 12.1 Å². The van der Waals surface area contributed by atoms with Gasteiger partial charge in [0, 0.05) is 19.3 Å². The molecule has 0 heterocycles. The number of benzene rings is 1. The molecule has 4 N–H and O–H groups in total. The summed E-state index contributed by atoms with van der Waals surface area (Å²) in [6.07, 6.45) is 0.293. The van der Waals surface area contributed by atoms with E-state index in [1.807, 2.05) is 6.07 Å². The first kappa shape index (κ1) is 25.4. The van der Waals surface area contributed by atoms with Crippen molar-refractivity contribution >= 4 is 34.8 Å². The van der Waals surface area contributed by atoms with Crippen LogP contribution in [-0.2, 0) is 25.7 Å². The van der Waals surface area contributed by atoms with Gasteiger partial charge in [-0.2, -0.15) is 0 Å². The standard InChI is InChI=1S/C20H28N2O7S/c1-14(24)30-12-10-16(18(25)21-17(19(26)27)9-5-6-11-23)22-20(28)29-13-15-7-3-2-4-8-15/h2-4,7-8,16-17,23H,5-6,9-13H2,1H3,(H,21,25)(H,22,28)(H,26,27)/t16-,17+/m0/s1. The summed E-state index contributed by atoms with van der Waals surface area (Å²) in [5.74, 6) is -1.61. The molecule has 166 valence electrons. The zero-order valence-electron chi connectivity index (χ0n) is 16.8. The molecule has 2 atom stereocenters. The van der Waals surface area contributed by atoms with E-state index in [0.29, 0.717) is 12.8 Å². The predicted molar refractivity (Wildman–Crippen MR) is 112 cm³/mol. The molecular formula is C20H28N2O7S. The van der Waals surface area contributed by atoms with Crippen LogP contribution in [-0.4, -0.2) is 57.7 Å². The maximum Gasteiger partial charge on any atom is 0.408 e. The Morgan fingerprint density at radius 2 is 1.73 bits per heavy atom. The lowest BCUT2D eigenvalue weighted by atomic mass is 10.1. The van der Waals surface area contributed by atoms with Gasteiger partial charge in [-0.3, -0.25) is 9.59 Å². The molecule has 9 nitrogen and oxygen atoms in total. The molecule has 0 saturated heterocycles. The summed E-state index contributed by atoms with van der Waals surface area (Å²) in [5, 5.41) is 22.9. The normalized spacial score (nSPS) is 12.5. The number of ether oxygens (including phenoxy) is 1. The molecule has 0 radical (unpaired) electrons. The first-order valence-corrected chi connectivity index (χ1v) is 10.6. The van der Waals surface area contributed by atoms with E-state index in [1.54, 1.807) is 24.3 Å². The second-order valence-electron chi connectivity index (χ2n) is 6.51. The molecule has 0 unspecified atom stereocenters. The van der Waals surface area contributed by atoms with Crippen LogP contribution in [0.4, 0.5) is 4.79 Å². The maximum absolute atomic E-state index is 12.6. The van der Waals surface area contributed by atoms with Gasteiger partial charge in [-0.25, -0.2) is 9.59 Å². The molecule has 0 saturated carbocycles. The van der Waals surface area contributed by atoms with Crippen LogP contribution < -0.4 is 10.6 Å². The largest absolute Gasteiger partial charge is 0.480 e. The molecule has 2 amide bonds. The minimum absolute atomic E-state index is 0.0160. The fourth-order valence-corrected chi connectivity index (χ4v) is 3.13. The highest BCUT2D eigenvalue weighted by atomic mass is 32.2. The van der Waals surface area contributed by atoms with Gasteiger partial charge in [0.25, 0.3) is 0 Å². The number of carbonyl (C=O) groups is 4. The minimum Gasteiger partial charge on any atom is -0.480 e. The summed E-state index contributed by atoms with van der Waals surface area (Å²) in [6.45, 7) is 1.34. The van der Waals surface area contributed by atoms with Gasteiger partial charge < -0.3 is 25.6 Å². The number of hydrogen-bond acceptors (Lipinski definition) is 7. The monoisotopic (exact) mass is 440 g/mol. The molecule has 1 rings (SSSR count). The van der Waals surface area contributed by atoms with E-state index >= 15 is 0 Å². The van der Waals surface area contributed by atoms with Crippen LogP contribution in [0.15, 0.2) is 30.3 Å². The average molecular weight is 441 g/mol. The van der Waals surface area contributed by atoms with Crippen LogP contribution in [0, 0.1) is 0 Å². The Balaban J connectivity index is 2.69. The number of hydrogen-bond donors (Lipinski definition) is 4. The van der Waals surface area contributed by atoms with Gasteiger partial charge in [-0.1, -0.05) is 42.1 Å². The zero-order chi connectivity index (χ0) is 22.4. The fraction of sp³-hybridized carbons (Fsp3) is 0.500. The average Bonchev–Trinajstić information content (AvgIpc) is 2.71. The Labute approximate surface area is 179 Å². The molecule has 30 heavy (non-hydrogen) atoms. The Hall–Kier alpha value is -2.59. The van der Waals surface area contributed by atoms with Crippen molar-refractivity contribution in [2.24, 2.45) is 0 Å². The van der Waals surface area contributed by atoms with Crippen LogP contribution in [0.3, 0.4) is 0 Å². The summed E-state index contributed by atoms with van der Waals surface area (Å²) in [7, 11) is 0. The van der Waals surface area contributed by atoms with Crippen molar-refractivity contribution in [3.05, 3.63) is 35.9 Å². The number of thioether (sulfide) groups is 1. The first-order valence-electron chi connectivity index (χ1n) is 9.58. The third-order valence-electron chi connectivity index (χ3n) is 4.05. The summed E-state index contributed by atoms with van der Waals surface area (Å²) < 4.78 is 5.12. The quantitative estimate of drug-likeness (QED) is 0.339. The van der Waals surface area contributed by atoms with E-state index in [0.717, 1.165) is 17.3 Å². The number of aliphatic carboxylic acids is 1. The number of amides is 2. The van der Waals surface area contributed by atoms with Crippen molar-refractivity contribution in [1.29, 1.82) is 0 Å². The highest BCUT2D eigenvalue weighted by Gasteiger charge is 2.26. The number of unbranched alkanes of at least 4 members (excludes halogenated alkanes) is 1. The van der Waals surface area contributed by atoms with Crippen LogP contribution in [0.1, 0.15) is 38.2 Å². The molecular weight excluding hydrogens is 412 g/mol. The van der Waals surface area contributed by atoms with Crippen molar-refractivity contribution in [2.45, 2.75) is 51.3 Å². The molecule has 0 aliphatic carbocycles. The van der Waals surface area contributed by atoms with Crippen LogP contribution >= 0.6 is 11.8 Å². The van der Waals surface area contributed by atoms with Gasteiger partial charge in [0.05, 0.1) is 0 Å². The second kappa shape index (κ2) is 14.4. The van der Waals surface area contributed by atoms with Crippen molar-refractivity contribution in [2.75, 3.05) is 12.4 Å². The smallest absolute Gasteiger partial charge is 0.408 e. The Morgan fingerprint density at radius 3 is 2.33 bits per heavy atom. The Morgan fingerprint density at radius 1 is 1.03 bits per heavy atom. The number of carboxylic acid groups (broad SMARTS) is 1. The van der Waals surface area contributed by atoms with E-state index in [1.165, 1.54) is 6.92 Å². The number of nitrogens with one attached hydrogen (secondary N) is 2. The molecule has 0 spiro atoms. The van der Waals surface area contributed by atoms with Crippen molar-refractivity contribution in [1.82, 2.24) is 10.6 Å². The Kier molecular flexibility index (Phi) is 12.2. The van der Waals surface area contributed by atoms with Crippen LogP contribution in [0.2, 0.25) is 0 Å². The molecule has 1 aromatic rings. The summed E-state index contributed by atoms with van der Waals surface area (Å²) in [6, 6.07) is 6.80. The number of rotatable bonds is 13. The highest BCUT2D eigenvalue weighted by Crippen LogP contribution is 2.09. The van der Waals surface area contributed by atoms with Gasteiger partial charge in [-0.05, 0) is 31.2 Å². The number of aliphatic hydroxyl groups is 1. The lowest BCUT2D eigenvalue weighted by Crippen LogP contribution is -2.51. The van der Waals surface area contributed by atoms with E-state index in [-0.39, 0.29) is 36.9 Å². The molecule has 1 aromatic carbocycles. The SMILES string of the molecule is CC(=O)SCC[C@H](NC(=O)OCc1ccccc1)C(=O)N[C@H](CCCCO)C(=O)O. The van der Waals surface area contributed by atoms with E-state index in [9.17, 15) is 24.3 Å². The molecule has 10 heteroatoms.